The molecule has 0 amide bonds. The zero-order valence-electron chi connectivity index (χ0n) is 12.3. The first-order valence-electron chi connectivity index (χ1n) is 6.60. The van der Waals surface area contributed by atoms with E-state index >= 15 is 0 Å². The van der Waals surface area contributed by atoms with Gasteiger partial charge < -0.3 is 9.72 Å². The van der Waals surface area contributed by atoms with Crippen molar-refractivity contribution in [2.75, 3.05) is 7.11 Å². The maximum absolute atomic E-state index is 5.47. The standard InChI is InChI=1S/C14H16N4OS2/c1-7-12(21-9(3)15-7)8(2)18-13-10(16-14(18)20)5-6-11(17-13)19-4/h5-6,8H,1-4H3,(H,16,20). The second-order valence-corrected chi connectivity index (χ2v) is 6.50. The first-order chi connectivity index (χ1) is 10.0. The third kappa shape index (κ3) is 2.36. The minimum Gasteiger partial charge on any atom is -0.481 e. The molecule has 1 N–H and O–H groups in total. The number of pyridine rings is 1. The number of hydrogen-bond acceptors (Lipinski definition) is 5. The summed E-state index contributed by atoms with van der Waals surface area (Å²) in [5, 5.41) is 1.06. The Bertz CT molecular complexity index is 862. The van der Waals surface area contributed by atoms with Gasteiger partial charge in [0.05, 0.1) is 34.2 Å². The van der Waals surface area contributed by atoms with Gasteiger partial charge in [0.2, 0.25) is 5.88 Å². The molecule has 21 heavy (non-hydrogen) atoms. The summed E-state index contributed by atoms with van der Waals surface area (Å²) in [6.07, 6.45) is 0. The highest BCUT2D eigenvalue weighted by atomic mass is 32.1. The minimum absolute atomic E-state index is 0.0806. The van der Waals surface area contributed by atoms with E-state index < -0.39 is 0 Å². The summed E-state index contributed by atoms with van der Waals surface area (Å²) in [6, 6.07) is 3.84. The van der Waals surface area contributed by atoms with Crippen LogP contribution in [-0.4, -0.2) is 26.6 Å². The maximum atomic E-state index is 5.47. The number of aryl methyl sites for hydroxylation is 2. The van der Waals surface area contributed by atoms with Crippen LogP contribution in [0.4, 0.5) is 0 Å². The zero-order chi connectivity index (χ0) is 15.1. The highest BCUT2D eigenvalue weighted by Gasteiger charge is 2.19. The van der Waals surface area contributed by atoms with Crippen molar-refractivity contribution >= 4 is 34.7 Å². The molecule has 0 saturated carbocycles. The number of ether oxygens (including phenoxy) is 1. The van der Waals surface area contributed by atoms with Gasteiger partial charge in [0.15, 0.2) is 10.4 Å². The summed E-state index contributed by atoms with van der Waals surface area (Å²) in [5.74, 6) is 0.578. The lowest BCUT2D eigenvalue weighted by Crippen LogP contribution is -2.07. The average Bonchev–Trinajstić information content (AvgIpc) is 2.95. The van der Waals surface area contributed by atoms with Crippen molar-refractivity contribution in [3.63, 3.8) is 0 Å². The number of nitrogens with zero attached hydrogens (tertiary/aromatic N) is 3. The Balaban J connectivity index is 2.21. The molecule has 3 rings (SSSR count). The van der Waals surface area contributed by atoms with Crippen molar-refractivity contribution in [2.24, 2.45) is 0 Å². The highest BCUT2D eigenvalue weighted by Crippen LogP contribution is 2.30. The SMILES string of the molecule is COc1ccc2[nH]c(=S)n(C(C)c3sc(C)nc3C)c2n1. The van der Waals surface area contributed by atoms with Gasteiger partial charge in [-0.3, -0.25) is 4.57 Å². The lowest BCUT2D eigenvalue weighted by atomic mass is 10.2. The molecule has 110 valence electrons. The summed E-state index contributed by atoms with van der Waals surface area (Å²) in [6.45, 7) is 6.16. The van der Waals surface area contributed by atoms with Crippen molar-refractivity contribution in [3.05, 3.63) is 32.5 Å². The Labute approximate surface area is 131 Å². The van der Waals surface area contributed by atoms with Gasteiger partial charge >= 0.3 is 0 Å². The normalized spacial score (nSPS) is 12.8. The monoisotopic (exact) mass is 320 g/mol. The van der Waals surface area contributed by atoms with E-state index in [1.165, 1.54) is 4.88 Å². The number of aromatic nitrogens is 4. The van der Waals surface area contributed by atoms with Crippen molar-refractivity contribution in [1.29, 1.82) is 0 Å². The Morgan fingerprint density at radius 2 is 2.10 bits per heavy atom. The van der Waals surface area contributed by atoms with Crippen molar-refractivity contribution < 1.29 is 4.74 Å². The lowest BCUT2D eigenvalue weighted by Gasteiger charge is -2.13. The molecule has 5 nitrogen and oxygen atoms in total. The number of fused-ring (bicyclic) bond motifs is 1. The van der Waals surface area contributed by atoms with Crippen LogP contribution in [-0.2, 0) is 0 Å². The fourth-order valence-corrected chi connectivity index (χ4v) is 3.83. The molecule has 0 aliphatic rings. The third-order valence-corrected chi connectivity index (χ3v) is 5.00. The molecule has 0 fully saturated rings. The van der Waals surface area contributed by atoms with Gasteiger partial charge in [0.25, 0.3) is 0 Å². The summed E-state index contributed by atoms with van der Waals surface area (Å²) >= 11 is 7.17. The molecule has 0 spiro atoms. The Morgan fingerprint density at radius 1 is 1.33 bits per heavy atom. The van der Waals surface area contributed by atoms with E-state index in [1.54, 1.807) is 18.4 Å². The van der Waals surface area contributed by atoms with Crippen LogP contribution >= 0.6 is 23.6 Å². The van der Waals surface area contributed by atoms with Gasteiger partial charge in [-0.2, -0.15) is 4.98 Å². The molecular formula is C14H16N4OS2. The Morgan fingerprint density at radius 3 is 2.71 bits per heavy atom. The quantitative estimate of drug-likeness (QED) is 0.746. The highest BCUT2D eigenvalue weighted by molar-refractivity contribution is 7.71. The van der Waals surface area contributed by atoms with Gasteiger partial charge in [-0.25, -0.2) is 4.98 Å². The molecule has 1 unspecified atom stereocenters. The fourth-order valence-electron chi connectivity index (χ4n) is 2.51. The van der Waals surface area contributed by atoms with Crippen LogP contribution in [0.3, 0.4) is 0 Å². The van der Waals surface area contributed by atoms with Gasteiger partial charge in [-0.15, -0.1) is 11.3 Å². The second-order valence-electron chi connectivity index (χ2n) is 4.88. The minimum atomic E-state index is 0.0806. The fraction of sp³-hybridized carbons (Fsp3) is 0.357. The zero-order valence-corrected chi connectivity index (χ0v) is 13.9. The summed E-state index contributed by atoms with van der Waals surface area (Å²) in [7, 11) is 1.61. The first-order valence-corrected chi connectivity index (χ1v) is 7.83. The molecule has 3 aromatic heterocycles. The summed E-state index contributed by atoms with van der Waals surface area (Å²) < 4.78 is 7.89. The number of nitrogens with one attached hydrogen (secondary N) is 1. The van der Waals surface area contributed by atoms with E-state index in [4.69, 9.17) is 17.0 Å². The molecule has 0 radical (unpaired) electrons. The average molecular weight is 320 g/mol. The summed E-state index contributed by atoms with van der Waals surface area (Å²) in [5.41, 5.74) is 2.76. The van der Waals surface area contributed by atoms with Crippen LogP contribution in [0.25, 0.3) is 11.2 Å². The second kappa shape index (κ2) is 5.23. The van der Waals surface area contributed by atoms with Crippen LogP contribution in [0.5, 0.6) is 5.88 Å². The van der Waals surface area contributed by atoms with E-state index in [9.17, 15) is 0 Å². The predicted octanol–water partition coefficient (Wildman–Crippen LogP) is 3.79. The number of rotatable bonds is 3. The van der Waals surface area contributed by atoms with Gasteiger partial charge in [-0.05, 0) is 39.1 Å². The van der Waals surface area contributed by atoms with Crippen molar-refractivity contribution in [2.45, 2.75) is 26.8 Å². The number of thiazole rings is 1. The molecule has 0 saturated heterocycles. The summed E-state index contributed by atoms with van der Waals surface area (Å²) in [4.78, 5) is 13.4. The smallest absolute Gasteiger partial charge is 0.215 e. The molecule has 7 heteroatoms. The van der Waals surface area contributed by atoms with Crippen LogP contribution < -0.4 is 4.74 Å². The Hall–Kier alpha value is -1.73. The van der Waals surface area contributed by atoms with E-state index in [1.807, 2.05) is 30.5 Å². The molecule has 3 heterocycles. The predicted molar refractivity (Wildman–Crippen MR) is 86.9 cm³/mol. The molecule has 0 bridgehead atoms. The largest absolute Gasteiger partial charge is 0.481 e. The van der Waals surface area contributed by atoms with Crippen LogP contribution in [0.1, 0.15) is 28.5 Å². The van der Waals surface area contributed by atoms with Crippen LogP contribution in [0.2, 0.25) is 0 Å². The number of imidazole rings is 1. The number of H-pyrrole nitrogens is 1. The molecule has 0 aliphatic carbocycles. The lowest BCUT2D eigenvalue weighted by molar-refractivity contribution is 0.398. The topological polar surface area (TPSA) is 55.7 Å². The number of aromatic amines is 1. The maximum Gasteiger partial charge on any atom is 0.215 e. The number of hydrogen-bond donors (Lipinski definition) is 1. The van der Waals surface area contributed by atoms with Crippen molar-refractivity contribution in [1.82, 2.24) is 19.5 Å². The van der Waals surface area contributed by atoms with Crippen LogP contribution in [0.15, 0.2) is 12.1 Å². The molecular weight excluding hydrogens is 304 g/mol. The third-order valence-electron chi connectivity index (χ3n) is 3.45. The Kier molecular flexibility index (Phi) is 3.54. The molecule has 0 aromatic carbocycles. The molecule has 0 aliphatic heterocycles. The van der Waals surface area contributed by atoms with E-state index in [2.05, 4.69) is 21.9 Å². The van der Waals surface area contributed by atoms with Gasteiger partial charge in [0.1, 0.15) is 0 Å². The van der Waals surface area contributed by atoms with Gasteiger partial charge in [0, 0.05) is 6.07 Å². The van der Waals surface area contributed by atoms with E-state index in [0.29, 0.717) is 10.7 Å². The van der Waals surface area contributed by atoms with E-state index in [0.717, 1.165) is 21.9 Å². The van der Waals surface area contributed by atoms with E-state index in [-0.39, 0.29) is 6.04 Å². The first kappa shape index (κ1) is 14.2. The molecule has 1 atom stereocenters. The van der Waals surface area contributed by atoms with Crippen molar-refractivity contribution in [3.8, 4) is 5.88 Å². The van der Waals surface area contributed by atoms with Gasteiger partial charge in [-0.1, -0.05) is 0 Å². The number of methoxy groups -OCH3 is 1. The van der Waals surface area contributed by atoms with Crippen LogP contribution in [0, 0.1) is 18.6 Å². The molecule has 3 aromatic rings.